The number of hydrazone groups is 1. The summed E-state index contributed by atoms with van der Waals surface area (Å²) < 4.78 is 1.84. The van der Waals surface area contributed by atoms with Gasteiger partial charge in [-0.1, -0.05) is 62.0 Å². The number of hydrogen-bond donors (Lipinski definition) is 4. The van der Waals surface area contributed by atoms with Gasteiger partial charge in [0.05, 0.1) is 17.7 Å². The molecule has 2 heterocycles. The van der Waals surface area contributed by atoms with Gasteiger partial charge in [0, 0.05) is 33.3 Å². The molecule has 0 atom stereocenters. The average Bonchev–Trinajstić information content (AvgIpc) is 3.50. The fourth-order valence-electron chi connectivity index (χ4n) is 4.30. The van der Waals surface area contributed by atoms with E-state index in [2.05, 4.69) is 59.9 Å². The summed E-state index contributed by atoms with van der Waals surface area (Å²) in [5.74, 6) is 0.982. The number of thioether (sulfide) groups is 1. The summed E-state index contributed by atoms with van der Waals surface area (Å²) in [5.41, 5.74) is 4.50. The van der Waals surface area contributed by atoms with E-state index in [9.17, 15) is 9.90 Å². The lowest BCUT2D eigenvalue weighted by molar-refractivity contribution is 0.240. The van der Waals surface area contributed by atoms with E-state index in [-0.39, 0.29) is 23.2 Å². The van der Waals surface area contributed by atoms with Gasteiger partial charge in [-0.05, 0) is 88.3 Å². The summed E-state index contributed by atoms with van der Waals surface area (Å²) >= 11 is 3.32. The number of aliphatic hydroxyl groups is 1. The first-order valence-corrected chi connectivity index (χ1v) is 17.8. The van der Waals surface area contributed by atoms with Crippen LogP contribution in [-0.4, -0.2) is 54.2 Å². The molecule has 0 saturated heterocycles. The molecule has 4 rings (SSSR count). The molecule has 0 spiro atoms. The molecule has 4 aromatic rings. The van der Waals surface area contributed by atoms with Gasteiger partial charge >= 0.3 is 6.03 Å². The van der Waals surface area contributed by atoms with E-state index in [1.807, 2.05) is 67.8 Å². The molecule has 0 fully saturated rings. The van der Waals surface area contributed by atoms with E-state index >= 15 is 0 Å². The first kappa shape index (κ1) is 38.0. The maximum absolute atomic E-state index is 12.9. The second-order valence-electron chi connectivity index (χ2n) is 11.1. The van der Waals surface area contributed by atoms with Crippen LogP contribution in [0, 0.1) is 0 Å². The van der Waals surface area contributed by atoms with Crippen LogP contribution in [0.3, 0.4) is 0 Å². The van der Waals surface area contributed by atoms with E-state index in [1.165, 1.54) is 0 Å². The number of urea groups is 1. The smallest absolute Gasteiger partial charge is 0.316 e. The molecule has 0 radical (unpaired) electrons. The number of anilines is 1. The van der Waals surface area contributed by atoms with E-state index in [0.29, 0.717) is 12.2 Å². The zero-order valence-electron chi connectivity index (χ0n) is 28.8. The highest BCUT2D eigenvalue weighted by molar-refractivity contribution is 8.00. The lowest BCUT2D eigenvalue weighted by Gasteiger charge is -2.26. The van der Waals surface area contributed by atoms with Crippen molar-refractivity contribution < 1.29 is 15.0 Å². The number of allylic oxidation sites excluding steroid dienone is 3. The number of amides is 2. The number of carbonyl (C=O) groups is 1. The van der Waals surface area contributed by atoms with Gasteiger partial charge in [0.15, 0.2) is 11.5 Å². The molecule has 4 N–H and O–H groups in total. The van der Waals surface area contributed by atoms with Gasteiger partial charge < -0.3 is 20.8 Å². The van der Waals surface area contributed by atoms with Gasteiger partial charge in [0.1, 0.15) is 12.4 Å². The Hall–Kier alpha value is -4.42. The first-order valence-electron chi connectivity index (χ1n) is 15.8. The number of nitrogens with one attached hydrogen (secondary N) is 2. The van der Waals surface area contributed by atoms with E-state index in [1.54, 1.807) is 52.8 Å². The van der Waals surface area contributed by atoms with Crippen LogP contribution in [0.2, 0.25) is 0 Å². The summed E-state index contributed by atoms with van der Waals surface area (Å²) in [4.78, 5) is 15.0. The van der Waals surface area contributed by atoms with E-state index in [0.717, 1.165) is 57.2 Å². The molecule has 2 aromatic heterocycles. The zero-order chi connectivity index (χ0) is 35.1. The predicted molar refractivity (Wildman–Crippen MR) is 201 cm³/mol. The Morgan fingerprint density at radius 3 is 2.50 bits per heavy atom. The Kier molecular flexibility index (Phi) is 14.9. The highest BCUT2D eigenvalue weighted by Gasteiger charge is 2.22. The molecule has 2 amide bonds. The number of phenols is 1. The highest BCUT2D eigenvalue weighted by Crippen LogP contribution is 2.31. The number of benzene rings is 2. The SMILES string of the molecule is C/C=C(\CC)c1nnc2ccc(Sc3ccccc3CNC(=O)NCN(/N=C(\C)C(C)(C)SC)c3cccc(O)c3)cn12.CC/C=C/O. The lowest BCUT2D eigenvalue weighted by Crippen LogP contribution is -2.42. The minimum absolute atomic E-state index is 0.126. The van der Waals surface area contributed by atoms with Crippen LogP contribution < -0.4 is 15.6 Å². The summed E-state index contributed by atoms with van der Waals surface area (Å²) in [6.45, 7) is 12.7. The maximum atomic E-state index is 12.9. The maximum Gasteiger partial charge on any atom is 0.316 e. The predicted octanol–water partition coefficient (Wildman–Crippen LogP) is 8.65. The fraction of sp³-hybridized carbons (Fsp3) is 0.333. The van der Waals surface area contributed by atoms with Crippen LogP contribution in [0.25, 0.3) is 11.2 Å². The highest BCUT2D eigenvalue weighted by atomic mass is 32.2. The minimum Gasteiger partial charge on any atom is -0.516 e. The number of aromatic nitrogens is 3. The van der Waals surface area contributed by atoms with Crippen molar-refractivity contribution in [2.24, 2.45) is 5.10 Å². The summed E-state index contributed by atoms with van der Waals surface area (Å²) in [6.07, 6.45) is 10.7. The first-order chi connectivity index (χ1) is 23.1. The van der Waals surface area contributed by atoms with Crippen molar-refractivity contribution in [2.45, 2.75) is 75.5 Å². The summed E-state index contributed by atoms with van der Waals surface area (Å²) in [5, 5.41) is 39.0. The number of pyridine rings is 1. The second kappa shape index (κ2) is 18.8. The van der Waals surface area contributed by atoms with Crippen molar-refractivity contribution in [2.75, 3.05) is 17.9 Å². The van der Waals surface area contributed by atoms with Gasteiger partial charge in [-0.25, -0.2) is 9.80 Å². The second-order valence-corrected chi connectivity index (χ2v) is 13.7. The summed E-state index contributed by atoms with van der Waals surface area (Å²) in [7, 11) is 0. The van der Waals surface area contributed by atoms with Gasteiger partial charge in [0.2, 0.25) is 0 Å². The molecule has 0 bridgehead atoms. The van der Waals surface area contributed by atoms with Crippen LogP contribution in [0.1, 0.15) is 65.8 Å². The van der Waals surface area contributed by atoms with Crippen LogP contribution in [-0.2, 0) is 6.54 Å². The molecule has 10 nitrogen and oxygen atoms in total. The number of nitrogens with zero attached hydrogens (tertiary/aromatic N) is 5. The van der Waals surface area contributed by atoms with Crippen molar-refractivity contribution in [1.82, 2.24) is 25.2 Å². The molecule has 0 aliphatic heterocycles. The molecule has 256 valence electrons. The molecular weight excluding hydrogens is 643 g/mol. The summed E-state index contributed by atoms with van der Waals surface area (Å²) in [6, 6.07) is 18.5. The number of rotatable bonds is 13. The van der Waals surface area contributed by atoms with Crippen molar-refractivity contribution in [3.63, 3.8) is 0 Å². The van der Waals surface area contributed by atoms with Gasteiger partial charge in [0.25, 0.3) is 0 Å². The molecule has 0 aliphatic carbocycles. The van der Waals surface area contributed by atoms with Gasteiger partial charge in [-0.3, -0.25) is 4.40 Å². The van der Waals surface area contributed by atoms with Crippen molar-refractivity contribution in [3.05, 3.63) is 96.7 Å². The third kappa shape index (κ3) is 10.8. The van der Waals surface area contributed by atoms with E-state index < -0.39 is 0 Å². The number of aliphatic hydroxyl groups excluding tert-OH is 1. The quantitative estimate of drug-likeness (QED) is 0.0476. The number of hydrogen-bond acceptors (Lipinski definition) is 9. The lowest BCUT2D eigenvalue weighted by atomic mass is 10.1. The van der Waals surface area contributed by atoms with E-state index in [4.69, 9.17) is 10.2 Å². The third-order valence-corrected chi connectivity index (χ3v) is 9.95. The largest absolute Gasteiger partial charge is 0.516 e. The standard InChI is InChI=1S/C32H39N7O2S2.C4H8O/c1-7-23(8-2)30-36-35-29-17-16-27(20-38(29)30)43-28-15-10-9-12-24(28)19-33-31(41)34-21-39(25-13-11-14-26(40)18-25)37-22(3)32(4,5)42-6;1-2-3-4-5/h7,9-18,20,40H,8,19,21H2,1-6H3,(H2,33,34,41);3-5H,2H2,1H3/b23-7+,37-22+;4-3+. The molecule has 12 heteroatoms. The number of carbonyl (C=O) groups excluding carboxylic acids is 1. The number of aromatic hydroxyl groups is 1. The van der Waals surface area contributed by atoms with Crippen LogP contribution >= 0.6 is 23.5 Å². The Balaban J connectivity index is 0.00000116. The van der Waals surface area contributed by atoms with Crippen molar-refractivity contribution in [1.29, 1.82) is 0 Å². The topological polar surface area (TPSA) is 127 Å². The van der Waals surface area contributed by atoms with Crippen molar-refractivity contribution >= 4 is 52.2 Å². The van der Waals surface area contributed by atoms with Gasteiger partial charge in [-0.2, -0.15) is 16.9 Å². The number of fused-ring (bicyclic) bond motifs is 1. The average molecular weight is 690 g/mol. The number of phenolic OH excluding ortho intramolecular Hbond substituents is 1. The zero-order valence-corrected chi connectivity index (χ0v) is 30.4. The molecular formula is C36H47N7O3S2. The van der Waals surface area contributed by atoms with Crippen LogP contribution in [0.15, 0.2) is 100 Å². The fourth-order valence-corrected chi connectivity index (χ4v) is 5.60. The van der Waals surface area contributed by atoms with Gasteiger partial charge in [-0.15, -0.1) is 10.2 Å². The van der Waals surface area contributed by atoms with Crippen molar-refractivity contribution in [3.8, 4) is 5.75 Å². The molecule has 0 saturated carbocycles. The Bertz CT molecular complexity index is 1730. The molecule has 2 aromatic carbocycles. The third-order valence-electron chi connectivity index (χ3n) is 7.54. The minimum atomic E-state index is -0.323. The monoisotopic (exact) mass is 689 g/mol. The Morgan fingerprint density at radius 1 is 1.08 bits per heavy atom. The van der Waals surface area contributed by atoms with Crippen LogP contribution in [0.4, 0.5) is 10.5 Å². The normalized spacial score (nSPS) is 12.1. The Labute approximate surface area is 292 Å². The molecule has 48 heavy (non-hydrogen) atoms. The van der Waals surface area contributed by atoms with Crippen LogP contribution in [0.5, 0.6) is 5.75 Å². The molecule has 0 unspecified atom stereocenters. The molecule has 0 aliphatic rings. The Morgan fingerprint density at radius 2 is 1.85 bits per heavy atom.